The first-order valence-corrected chi connectivity index (χ1v) is 10.2. The number of halogens is 4. The van der Waals surface area contributed by atoms with Gasteiger partial charge in [-0.3, -0.25) is 4.98 Å². The highest BCUT2D eigenvalue weighted by Gasteiger charge is 2.35. The molecule has 0 saturated carbocycles. The molecule has 0 aliphatic carbocycles. The third-order valence-electron chi connectivity index (χ3n) is 4.97. The van der Waals surface area contributed by atoms with Crippen LogP contribution < -0.4 is 0 Å². The summed E-state index contributed by atoms with van der Waals surface area (Å²) in [5, 5.41) is 3.98. The molecular formula is C24H17ClF3N3O2. The van der Waals surface area contributed by atoms with Gasteiger partial charge in [-0.1, -0.05) is 41.9 Å². The molecule has 0 unspecified atom stereocenters. The van der Waals surface area contributed by atoms with Crippen molar-refractivity contribution in [3.63, 3.8) is 0 Å². The predicted octanol–water partition coefficient (Wildman–Crippen LogP) is 6.27. The lowest BCUT2D eigenvalue weighted by atomic mass is 10.1. The Hall–Kier alpha value is -3.65. The van der Waals surface area contributed by atoms with Gasteiger partial charge in [0.25, 0.3) is 0 Å². The fourth-order valence-electron chi connectivity index (χ4n) is 3.21. The average Bonchev–Trinajstić information content (AvgIpc) is 3.25. The van der Waals surface area contributed by atoms with Crippen molar-refractivity contribution in [1.29, 1.82) is 0 Å². The number of ether oxygens (including phenoxy) is 1. The first-order valence-electron chi connectivity index (χ1n) is 9.84. The van der Waals surface area contributed by atoms with Crippen LogP contribution in [0.4, 0.5) is 13.2 Å². The lowest BCUT2D eigenvalue weighted by Crippen LogP contribution is -2.07. The molecule has 0 spiro atoms. The van der Waals surface area contributed by atoms with Gasteiger partial charge in [-0.05, 0) is 43.3 Å². The maximum atomic E-state index is 13.4. The lowest BCUT2D eigenvalue weighted by molar-refractivity contribution is -0.141. The van der Waals surface area contributed by atoms with Crippen molar-refractivity contribution < 1.29 is 22.7 Å². The van der Waals surface area contributed by atoms with E-state index in [1.165, 1.54) is 24.3 Å². The first kappa shape index (κ1) is 22.5. The van der Waals surface area contributed by atoms with E-state index in [9.17, 15) is 18.0 Å². The van der Waals surface area contributed by atoms with Crippen molar-refractivity contribution in [2.45, 2.75) is 19.7 Å². The Morgan fingerprint density at radius 1 is 1.06 bits per heavy atom. The molecule has 0 atom stereocenters. The van der Waals surface area contributed by atoms with Crippen LogP contribution >= 0.6 is 11.6 Å². The third kappa shape index (κ3) is 4.90. The number of esters is 1. The van der Waals surface area contributed by atoms with Crippen LogP contribution in [0.25, 0.3) is 16.9 Å². The number of rotatable bonds is 5. The van der Waals surface area contributed by atoms with E-state index in [4.69, 9.17) is 16.3 Å². The summed E-state index contributed by atoms with van der Waals surface area (Å²) in [5.74, 6) is -0.555. The molecule has 2 heterocycles. The molecule has 0 saturated heterocycles. The molecule has 0 bridgehead atoms. The third-order valence-corrected chi connectivity index (χ3v) is 5.29. The molecule has 2 aromatic carbocycles. The van der Waals surface area contributed by atoms with Gasteiger partial charge >= 0.3 is 12.1 Å². The summed E-state index contributed by atoms with van der Waals surface area (Å²) >= 11 is 6.20. The quantitative estimate of drug-likeness (QED) is 0.322. The molecule has 0 aliphatic heterocycles. The summed E-state index contributed by atoms with van der Waals surface area (Å²) in [5.41, 5.74) is 1.67. The molecule has 9 heteroatoms. The van der Waals surface area contributed by atoms with Crippen LogP contribution in [-0.2, 0) is 17.5 Å². The van der Waals surface area contributed by atoms with Gasteiger partial charge in [0.05, 0.1) is 22.0 Å². The van der Waals surface area contributed by atoms with Crippen molar-refractivity contribution >= 4 is 17.6 Å². The van der Waals surface area contributed by atoms with Crippen LogP contribution in [-0.4, -0.2) is 20.7 Å². The zero-order valence-electron chi connectivity index (χ0n) is 17.3. The minimum atomic E-state index is -4.63. The number of hydrogen-bond donors (Lipinski definition) is 0. The number of para-hydroxylation sites is 1. The standard InChI is InChI=1S/C24H17ClF3N3O2/c1-15-18(5-4-12-29-15)14-33-23(32)17-10-8-16(9-11-17)21-13-22(24(26,27)28)30-31(21)20-7-3-2-6-19(20)25/h2-13H,14H2,1H3. The summed E-state index contributed by atoms with van der Waals surface area (Å²) in [7, 11) is 0. The van der Waals surface area contributed by atoms with E-state index in [0.717, 1.165) is 22.0 Å². The Bertz CT molecular complexity index is 1300. The van der Waals surface area contributed by atoms with Crippen molar-refractivity contribution in [3.05, 3.63) is 100 Å². The van der Waals surface area contributed by atoms with E-state index < -0.39 is 17.8 Å². The summed E-state index contributed by atoms with van der Waals surface area (Å²) in [6.07, 6.45) is -2.98. The van der Waals surface area contributed by atoms with Gasteiger partial charge < -0.3 is 4.74 Å². The van der Waals surface area contributed by atoms with Gasteiger partial charge in [0.1, 0.15) is 6.61 Å². The molecule has 0 radical (unpaired) electrons. The number of alkyl halides is 3. The molecule has 2 aromatic heterocycles. The Morgan fingerprint density at radius 2 is 1.79 bits per heavy atom. The number of hydrogen-bond acceptors (Lipinski definition) is 4. The smallest absolute Gasteiger partial charge is 0.435 e. The van der Waals surface area contributed by atoms with Gasteiger partial charge in [0.2, 0.25) is 0 Å². The first-order chi connectivity index (χ1) is 15.7. The van der Waals surface area contributed by atoms with E-state index >= 15 is 0 Å². The van der Waals surface area contributed by atoms with Crippen molar-refractivity contribution in [2.75, 3.05) is 0 Å². The Balaban J connectivity index is 1.62. The maximum absolute atomic E-state index is 13.4. The number of aromatic nitrogens is 3. The van der Waals surface area contributed by atoms with Gasteiger partial charge in [0, 0.05) is 23.0 Å². The lowest BCUT2D eigenvalue weighted by Gasteiger charge is -2.10. The fraction of sp³-hybridized carbons (Fsp3) is 0.125. The van der Waals surface area contributed by atoms with Crippen LogP contribution in [0.3, 0.4) is 0 Å². The molecule has 168 valence electrons. The maximum Gasteiger partial charge on any atom is 0.435 e. The number of nitrogens with zero attached hydrogens (tertiary/aromatic N) is 3. The minimum Gasteiger partial charge on any atom is -0.457 e. The number of pyridine rings is 1. The van der Waals surface area contributed by atoms with Crippen LogP contribution in [0.1, 0.15) is 27.3 Å². The second-order valence-corrected chi connectivity index (χ2v) is 7.58. The van der Waals surface area contributed by atoms with Gasteiger partial charge in [0.15, 0.2) is 5.69 Å². The largest absolute Gasteiger partial charge is 0.457 e. The van der Waals surface area contributed by atoms with Crippen LogP contribution in [0.2, 0.25) is 5.02 Å². The number of benzene rings is 2. The van der Waals surface area contributed by atoms with E-state index in [1.807, 2.05) is 13.0 Å². The number of aryl methyl sites for hydroxylation is 1. The molecule has 0 aliphatic rings. The molecule has 4 aromatic rings. The van der Waals surface area contributed by atoms with Gasteiger partial charge in [-0.15, -0.1) is 0 Å². The minimum absolute atomic E-state index is 0.0640. The zero-order chi connectivity index (χ0) is 23.6. The molecular weight excluding hydrogens is 455 g/mol. The Morgan fingerprint density at radius 3 is 2.45 bits per heavy atom. The average molecular weight is 472 g/mol. The monoisotopic (exact) mass is 471 g/mol. The highest BCUT2D eigenvalue weighted by atomic mass is 35.5. The summed E-state index contributed by atoms with van der Waals surface area (Å²) in [4.78, 5) is 16.6. The van der Waals surface area contributed by atoms with Crippen LogP contribution in [0.5, 0.6) is 0 Å². The van der Waals surface area contributed by atoms with E-state index in [1.54, 1.807) is 36.5 Å². The number of carbonyl (C=O) groups is 1. The molecule has 33 heavy (non-hydrogen) atoms. The molecule has 0 fully saturated rings. The van der Waals surface area contributed by atoms with Crippen molar-refractivity contribution in [3.8, 4) is 16.9 Å². The fourth-order valence-corrected chi connectivity index (χ4v) is 3.42. The summed E-state index contributed by atoms with van der Waals surface area (Å²) < 4.78 is 46.6. The van der Waals surface area contributed by atoms with Crippen molar-refractivity contribution in [2.24, 2.45) is 0 Å². The molecule has 0 N–H and O–H groups in total. The molecule has 4 rings (SSSR count). The highest BCUT2D eigenvalue weighted by Crippen LogP contribution is 2.34. The summed E-state index contributed by atoms with van der Waals surface area (Å²) in [6, 6.07) is 17.0. The summed E-state index contributed by atoms with van der Waals surface area (Å²) in [6.45, 7) is 1.88. The predicted molar refractivity (Wildman–Crippen MR) is 117 cm³/mol. The normalized spacial score (nSPS) is 11.4. The zero-order valence-corrected chi connectivity index (χ0v) is 18.1. The topological polar surface area (TPSA) is 57.0 Å². The second-order valence-electron chi connectivity index (χ2n) is 7.18. The molecule has 0 amide bonds. The second kappa shape index (κ2) is 9.07. The van der Waals surface area contributed by atoms with E-state index in [0.29, 0.717) is 11.3 Å². The SMILES string of the molecule is Cc1ncccc1COC(=O)c1ccc(-c2cc(C(F)(F)F)nn2-c2ccccc2Cl)cc1. The van der Waals surface area contributed by atoms with E-state index in [-0.39, 0.29) is 22.9 Å². The van der Waals surface area contributed by atoms with Crippen LogP contribution in [0, 0.1) is 6.92 Å². The Labute approximate surface area is 192 Å². The van der Waals surface area contributed by atoms with Gasteiger partial charge in [-0.2, -0.15) is 18.3 Å². The van der Waals surface area contributed by atoms with Crippen LogP contribution in [0.15, 0.2) is 72.9 Å². The number of carbonyl (C=O) groups excluding carboxylic acids is 1. The molecule has 5 nitrogen and oxygen atoms in total. The Kier molecular flexibility index (Phi) is 6.20. The van der Waals surface area contributed by atoms with Crippen molar-refractivity contribution in [1.82, 2.24) is 14.8 Å². The van der Waals surface area contributed by atoms with Gasteiger partial charge in [-0.25, -0.2) is 9.48 Å². The van der Waals surface area contributed by atoms with E-state index in [2.05, 4.69) is 10.1 Å². The highest BCUT2D eigenvalue weighted by molar-refractivity contribution is 6.32.